The molecule has 5 atom stereocenters. The molecular weight excluding hydrogens is 916 g/mol. The van der Waals surface area contributed by atoms with Crippen LogP contribution in [0, 0.1) is 17.2 Å². The van der Waals surface area contributed by atoms with Gasteiger partial charge in [0.15, 0.2) is 25.7 Å². The van der Waals surface area contributed by atoms with Crippen molar-refractivity contribution in [3.05, 3.63) is 112 Å². The second-order valence-corrected chi connectivity index (χ2v) is 25.5. The number of methoxy groups -OCH3 is 2. The molecule has 2 aromatic heterocycles. The number of rotatable bonds is 21. The maximum atomic E-state index is 13.6. The molecule has 0 saturated carbocycles. The third-order valence-electron chi connectivity index (χ3n) is 13.6. The largest absolute Gasteiger partial charge is 0.497 e. The lowest BCUT2D eigenvalue weighted by Gasteiger charge is -2.45. The molecule has 6 rings (SSSR count). The van der Waals surface area contributed by atoms with Gasteiger partial charge < -0.3 is 32.8 Å². The molecule has 17 nitrogen and oxygen atoms in total. The molecule has 69 heavy (non-hydrogen) atoms. The summed E-state index contributed by atoms with van der Waals surface area (Å²) < 4.78 is 41.9. The molecule has 0 aliphatic carbocycles. The maximum absolute atomic E-state index is 13.6. The van der Waals surface area contributed by atoms with Crippen molar-refractivity contribution in [1.82, 2.24) is 24.7 Å². The van der Waals surface area contributed by atoms with Gasteiger partial charge in [-0.1, -0.05) is 94.4 Å². The number of ether oxygens (including phenoxy) is 4. The fourth-order valence-corrected chi connectivity index (χ4v) is 11.2. The summed E-state index contributed by atoms with van der Waals surface area (Å²) in [4.78, 5) is 50.7. The molecule has 1 aliphatic rings. The number of anilines is 1. The highest BCUT2D eigenvalue weighted by atomic mass is 31.2. The molecule has 1 fully saturated rings. The average Bonchev–Trinajstić information content (AvgIpc) is 3.88. The lowest BCUT2D eigenvalue weighted by atomic mass is 9.80. The zero-order chi connectivity index (χ0) is 50.5. The van der Waals surface area contributed by atoms with Gasteiger partial charge in [0.05, 0.1) is 39.6 Å². The van der Waals surface area contributed by atoms with Crippen LogP contribution in [0.5, 0.6) is 11.5 Å². The number of benzene rings is 3. The van der Waals surface area contributed by atoms with E-state index in [1.807, 2.05) is 107 Å². The number of nitriles is 1. The fraction of sp³-hybridized carbons (Fsp3) is 0.500. The molecule has 1 unspecified atom stereocenters. The number of carbonyl (C=O) groups excluding carboxylic acids is 1. The van der Waals surface area contributed by atoms with E-state index in [0.717, 1.165) is 16.7 Å². The summed E-state index contributed by atoms with van der Waals surface area (Å²) in [5, 5.41) is 15.6. The topological polar surface area (TPSA) is 204 Å². The molecule has 3 heterocycles. The first-order valence-electron chi connectivity index (χ1n) is 23.4. The lowest BCUT2D eigenvalue weighted by Crippen LogP contribution is -2.64. The Bertz CT molecular complexity index is 2540. The zero-order valence-corrected chi connectivity index (χ0v) is 44.0. The number of aromatic nitrogens is 4. The summed E-state index contributed by atoms with van der Waals surface area (Å²) in [7, 11) is -1.97. The Labute approximate surface area is 408 Å². The molecule has 4 N–H and O–H groups in total. The molecule has 1 saturated heterocycles. The monoisotopic (exact) mass is 985 g/mol. The lowest BCUT2D eigenvalue weighted by molar-refractivity contribution is -0.994. The number of amides is 1. The van der Waals surface area contributed by atoms with Gasteiger partial charge in [-0.2, -0.15) is 10.2 Å². The highest BCUT2D eigenvalue weighted by Gasteiger charge is 2.54. The van der Waals surface area contributed by atoms with Gasteiger partial charge in [-0.15, -0.1) is 0 Å². The quantitative estimate of drug-likeness (QED) is 0.0179. The number of carbonyl (C=O) groups is 1. The predicted octanol–water partition coefficient (Wildman–Crippen LogP) is 8.68. The van der Waals surface area contributed by atoms with E-state index in [0.29, 0.717) is 18.0 Å². The summed E-state index contributed by atoms with van der Waals surface area (Å²) in [6.07, 6.45) is -2.26. The third kappa shape index (κ3) is 11.3. The Balaban J connectivity index is 1.56. The number of nitrogens with zero attached hydrogens (tertiary/aromatic N) is 5. The Morgan fingerprint density at radius 3 is 2.00 bits per heavy atom. The Morgan fingerprint density at radius 2 is 1.49 bits per heavy atom. The van der Waals surface area contributed by atoms with Gasteiger partial charge in [-0.25, -0.2) is 9.58 Å². The van der Waals surface area contributed by atoms with Crippen LogP contribution < -0.4 is 25.5 Å². The number of hydrogen-bond acceptors (Lipinski definition) is 13. The SMILES string of the molecule is COc1ccc(C(OC[C@H]2O[C@@H](n3cnc4c(=O)[nH]c(NC(=O)C(C)C)nc43)[C@H](O[Si](C)(C)C(C)(C)C)[C@@H]2OP(O)N[N+](CCC#N)(C(C)C)C(C)C)(c2ccccc2)c2ccc(OC)cc2)cc1. The van der Waals surface area contributed by atoms with Gasteiger partial charge in [0, 0.05) is 5.92 Å². The molecular formula is C50H70N8O9PSi+. The van der Waals surface area contributed by atoms with Crippen molar-refractivity contribution in [3.63, 3.8) is 0 Å². The highest BCUT2D eigenvalue weighted by Crippen LogP contribution is 2.48. The van der Waals surface area contributed by atoms with Gasteiger partial charge in [-0.3, -0.25) is 24.5 Å². The van der Waals surface area contributed by atoms with E-state index >= 15 is 0 Å². The normalized spacial score (nSPS) is 18.5. The van der Waals surface area contributed by atoms with Crippen LogP contribution in [0.4, 0.5) is 5.95 Å². The minimum Gasteiger partial charge on any atom is -0.497 e. The molecule has 0 spiro atoms. The van der Waals surface area contributed by atoms with E-state index in [2.05, 4.69) is 60.4 Å². The number of imidazole rings is 1. The molecule has 19 heteroatoms. The highest BCUT2D eigenvalue weighted by molar-refractivity contribution is 7.43. The summed E-state index contributed by atoms with van der Waals surface area (Å²) in [6.45, 7) is 22.6. The van der Waals surface area contributed by atoms with Gasteiger partial charge in [0.25, 0.3) is 5.56 Å². The van der Waals surface area contributed by atoms with E-state index in [-0.39, 0.29) is 63.7 Å². The van der Waals surface area contributed by atoms with E-state index in [9.17, 15) is 19.7 Å². The van der Waals surface area contributed by atoms with Gasteiger partial charge in [0.2, 0.25) is 11.9 Å². The molecule has 5 aromatic rings. The van der Waals surface area contributed by atoms with Crippen LogP contribution >= 0.6 is 8.53 Å². The van der Waals surface area contributed by atoms with Crippen LogP contribution in [0.1, 0.15) is 91.7 Å². The van der Waals surface area contributed by atoms with Crippen molar-refractivity contribution < 1.29 is 42.2 Å². The van der Waals surface area contributed by atoms with E-state index in [4.69, 9.17) is 32.9 Å². The van der Waals surface area contributed by atoms with Crippen molar-refractivity contribution >= 4 is 39.9 Å². The minimum atomic E-state index is -2.74. The Hall–Kier alpha value is -5.06. The van der Waals surface area contributed by atoms with Crippen LogP contribution in [0.3, 0.4) is 0 Å². The van der Waals surface area contributed by atoms with Gasteiger partial charge >= 0.3 is 8.53 Å². The fourth-order valence-electron chi connectivity index (χ4n) is 8.48. The van der Waals surface area contributed by atoms with E-state index in [1.54, 1.807) is 32.6 Å². The molecule has 372 valence electrons. The van der Waals surface area contributed by atoms with E-state index in [1.165, 1.54) is 6.33 Å². The Kier molecular flexibility index (Phi) is 16.9. The average molecular weight is 986 g/mol. The smallest absolute Gasteiger partial charge is 0.303 e. The van der Waals surface area contributed by atoms with Gasteiger partial charge in [-0.05, 0) is 86.8 Å². The first-order chi connectivity index (χ1) is 32.6. The Morgan fingerprint density at radius 1 is 0.928 bits per heavy atom. The zero-order valence-electron chi connectivity index (χ0n) is 42.1. The number of nitrogens with one attached hydrogen (secondary N) is 3. The standard InChI is InChI=1S/C50H69N8O9PSi/c1-32(2)45(59)54-48-53-44-41(46(60)55-48)52-31-57(44)47-43(67-69(12,13)49(7,8)9)42(66-68(61)56-58(33(3)4,34(5)6)29-17-28-51)40(65-47)30-64-50(35-18-15-14-16-19-35,36-20-24-38(62-10)25-21-36)37-22-26-39(63-11)27-23-37/h14-16,18-27,31-34,40,42-43,47,56,61H,17,29-30H2,1-13H3,(H-,53,54,55,59,60)/p+1/t40-,42-,43-,47-,68?/m1/s1. The number of aromatic amines is 1. The van der Waals surface area contributed by atoms with Crippen molar-refractivity contribution in [2.75, 3.05) is 32.7 Å². The van der Waals surface area contributed by atoms with Crippen molar-refractivity contribution in [2.24, 2.45) is 5.92 Å². The molecule has 0 radical (unpaired) electrons. The number of hydrogen-bond donors (Lipinski definition) is 4. The van der Waals surface area contributed by atoms with Crippen LogP contribution in [0.15, 0.2) is 90.0 Å². The van der Waals surface area contributed by atoms with Crippen LogP contribution in [0.2, 0.25) is 18.1 Å². The first-order valence-corrected chi connectivity index (χ1v) is 27.5. The summed E-state index contributed by atoms with van der Waals surface area (Å²) in [5.74, 6) is 0.555. The molecule has 1 aliphatic heterocycles. The predicted molar refractivity (Wildman–Crippen MR) is 269 cm³/mol. The second-order valence-electron chi connectivity index (χ2n) is 19.8. The summed E-state index contributed by atoms with van der Waals surface area (Å²) in [5.41, 5.74) is 0.738. The van der Waals surface area contributed by atoms with Crippen molar-refractivity contribution in [1.29, 1.82) is 5.26 Å². The van der Waals surface area contributed by atoms with Crippen LogP contribution in [-0.2, 0) is 28.8 Å². The van der Waals surface area contributed by atoms with Crippen LogP contribution in [0.25, 0.3) is 11.2 Å². The molecule has 3 aromatic carbocycles. The van der Waals surface area contributed by atoms with Crippen molar-refractivity contribution in [3.8, 4) is 17.6 Å². The number of H-pyrrole nitrogens is 1. The summed E-state index contributed by atoms with van der Waals surface area (Å²) >= 11 is 0. The van der Waals surface area contributed by atoms with E-state index < -0.39 is 52.5 Å². The minimum absolute atomic E-state index is 0.0195. The third-order valence-corrected chi connectivity index (χ3v) is 19.0. The second kappa shape index (κ2) is 21.9. The van der Waals surface area contributed by atoms with Crippen LogP contribution in [-0.4, -0.2) is 101 Å². The summed E-state index contributed by atoms with van der Waals surface area (Å²) in [6, 6.07) is 27.5. The first kappa shape index (κ1) is 53.3. The molecule has 0 bridgehead atoms. The number of fused-ring (bicyclic) bond motifs is 1. The maximum Gasteiger partial charge on any atom is 0.303 e. The number of quaternary nitrogens is 1. The van der Waals surface area contributed by atoms with Gasteiger partial charge in [0.1, 0.15) is 54.0 Å². The molecule has 1 amide bonds. The van der Waals surface area contributed by atoms with Crippen molar-refractivity contribution in [2.45, 2.75) is 129 Å².